The van der Waals surface area contributed by atoms with Gasteiger partial charge in [0.05, 0.1) is 12.2 Å². The maximum absolute atomic E-state index is 14.6. The number of carbonyl (C=O) groups excluding carboxylic acids is 3. The smallest absolute Gasteiger partial charge is 0.408 e. The van der Waals surface area contributed by atoms with E-state index in [2.05, 4.69) is 19.2 Å². The quantitative estimate of drug-likeness (QED) is 0.0689. The van der Waals surface area contributed by atoms with Crippen molar-refractivity contribution in [3.8, 4) is 0 Å². The fourth-order valence-corrected chi connectivity index (χ4v) is 11.7. The summed E-state index contributed by atoms with van der Waals surface area (Å²) in [5.41, 5.74) is -2.13. The first-order chi connectivity index (χ1) is 30.4. The third-order valence-corrected chi connectivity index (χ3v) is 14.7. The highest BCUT2D eigenvalue weighted by molar-refractivity contribution is 6.04. The largest absolute Gasteiger partial charge is 0.457 e. The van der Waals surface area contributed by atoms with E-state index in [-0.39, 0.29) is 13.0 Å². The Hall–Kier alpha value is -5.35. The molecule has 0 aromatic heterocycles. The van der Waals surface area contributed by atoms with E-state index in [1.54, 1.807) is 33.8 Å². The highest BCUT2D eigenvalue weighted by Crippen LogP contribution is 2.76. The van der Waals surface area contributed by atoms with Crippen molar-refractivity contribution in [1.82, 2.24) is 5.32 Å². The molecule has 0 radical (unpaired) electrons. The van der Waals surface area contributed by atoms with Crippen LogP contribution in [0.25, 0.3) is 0 Å². The average Bonchev–Trinajstić information content (AvgIpc) is 3.67. The predicted octanol–water partition coefficient (Wildman–Crippen LogP) is 9.44. The van der Waals surface area contributed by atoms with Crippen molar-refractivity contribution in [3.05, 3.63) is 167 Å². The molecule has 2 saturated carbocycles. The van der Waals surface area contributed by atoms with Crippen LogP contribution in [0.5, 0.6) is 0 Å². The maximum Gasteiger partial charge on any atom is 0.408 e. The van der Waals surface area contributed by atoms with E-state index < -0.39 is 81.0 Å². The molecule has 4 aromatic carbocycles. The van der Waals surface area contributed by atoms with Gasteiger partial charge in [-0.05, 0) is 92.7 Å². The molecule has 0 aliphatic heterocycles. The highest BCUT2D eigenvalue weighted by atomic mass is 16.6. The van der Waals surface area contributed by atoms with Crippen molar-refractivity contribution < 1.29 is 38.8 Å². The van der Waals surface area contributed by atoms with Crippen molar-refractivity contribution in [2.75, 3.05) is 6.61 Å². The second-order valence-electron chi connectivity index (χ2n) is 20.3. The number of amides is 1. The molecule has 64 heavy (non-hydrogen) atoms. The summed E-state index contributed by atoms with van der Waals surface area (Å²) in [6, 6.07) is 39.1. The lowest BCUT2D eigenvalue weighted by molar-refractivity contribution is -0.188. The van der Waals surface area contributed by atoms with Gasteiger partial charge in [-0.3, -0.25) is 4.79 Å². The van der Waals surface area contributed by atoms with Crippen LogP contribution in [0.15, 0.2) is 145 Å². The zero-order chi connectivity index (χ0) is 45.7. The minimum atomic E-state index is -1.93. The lowest BCUT2D eigenvalue weighted by atomic mass is 9.60. The number of benzene rings is 4. The Balaban J connectivity index is 1.17. The highest BCUT2D eigenvalue weighted by Gasteiger charge is 2.83. The van der Waals surface area contributed by atoms with Gasteiger partial charge in [0.2, 0.25) is 0 Å². The van der Waals surface area contributed by atoms with E-state index in [0.717, 1.165) is 22.3 Å². The Kier molecular flexibility index (Phi) is 11.9. The number of alkyl carbamates (subject to hydrolysis) is 1. The molecule has 0 heterocycles. The summed E-state index contributed by atoms with van der Waals surface area (Å²) in [5.74, 6) is -3.47. The number of ether oxygens (including phenoxy) is 3. The molecule has 9 nitrogen and oxygen atoms in total. The van der Waals surface area contributed by atoms with Gasteiger partial charge in [-0.1, -0.05) is 154 Å². The summed E-state index contributed by atoms with van der Waals surface area (Å²) in [5, 5.41) is 29.0. The zero-order valence-electron chi connectivity index (χ0n) is 38.2. The SMILES string of the molecule is CC1=C[C@H]2[C@@]3(O)[C@H](C)C[C@]4(OC(=O)[C@@H](CCCc5ccccc5)NC(=O)OC(C)(C)C)[C@H]([C@@H]3C=C(COC(c3ccccc3)(c3ccccc3)c3ccccc3)C[C@]2(O)C1=O)C4(C)C. The first-order valence-corrected chi connectivity index (χ1v) is 22.8. The number of fused-ring (bicyclic) bond motifs is 5. The van der Waals surface area contributed by atoms with Gasteiger partial charge >= 0.3 is 12.1 Å². The number of aryl methyl sites for hydroxylation is 1. The van der Waals surface area contributed by atoms with Crippen LogP contribution in [0.2, 0.25) is 0 Å². The van der Waals surface area contributed by atoms with Crippen molar-refractivity contribution in [2.45, 2.75) is 115 Å². The van der Waals surface area contributed by atoms with Crippen molar-refractivity contribution in [1.29, 1.82) is 0 Å². The fraction of sp³-hybridized carbons (Fsp3) is 0.436. The van der Waals surface area contributed by atoms with Crippen LogP contribution >= 0.6 is 0 Å². The normalized spacial score (nSPS) is 28.5. The fourth-order valence-electron chi connectivity index (χ4n) is 11.7. The molecule has 8 atom stereocenters. The zero-order valence-corrected chi connectivity index (χ0v) is 38.2. The van der Waals surface area contributed by atoms with Gasteiger partial charge in [0.25, 0.3) is 0 Å². The van der Waals surface area contributed by atoms with Crippen molar-refractivity contribution in [3.63, 3.8) is 0 Å². The molecule has 0 bridgehead atoms. The molecule has 1 amide bonds. The standard InChI is InChI=1S/C55H63NO8/c1-36-31-45-52(60,47(36)57)34-39(35-62-55(40-24-14-9-15-25-40,41-26-16-10-17-27-41)42-28-18-11-19-29-42)32-43-46-51(6,7)53(46,33-37(2)54(43,45)61)63-48(58)44(56-49(59)64-50(3,4)5)30-20-23-38-21-12-8-13-22-38/h8-19,21-22,24-29,31-32,37,43-46,60-61H,20,23,30,33-35H2,1-7H3,(H,56,59)/t37-,43+,44-,45-,46-,52-,53+,54-/m1/s1. The molecular weight excluding hydrogens is 803 g/mol. The first-order valence-electron chi connectivity index (χ1n) is 22.8. The molecule has 3 N–H and O–H groups in total. The second kappa shape index (κ2) is 16.9. The van der Waals surface area contributed by atoms with Crippen molar-refractivity contribution in [2.24, 2.45) is 29.1 Å². The van der Waals surface area contributed by atoms with Gasteiger partial charge in [0, 0.05) is 29.6 Å². The second-order valence-corrected chi connectivity index (χ2v) is 20.3. The molecule has 0 saturated heterocycles. The van der Waals surface area contributed by atoms with Gasteiger partial charge in [0.1, 0.15) is 28.4 Å². The Bertz CT molecular complexity index is 2310. The molecule has 4 aliphatic rings. The van der Waals surface area contributed by atoms with Gasteiger partial charge in [-0.15, -0.1) is 0 Å². The van der Waals surface area contributed by atoms with Crippen molar-refractivity contribution >= 4 is 17.8 Å². The molecule has 2 fully saturated rings. The lowest BCUT2D eigenvalue weighted by Crippen LogP contribution is -2.61. The van der Waals surface area contributed by atoms with Gasteiger partial charge in [-0.25, -0.2) is 9.59 Å². The predicted molar refractivity (Wildman–Crippen MR) is 246 cm³/mol. The molecular formula is C55H63NO8. The van der Waals surface area contributed by atoms with E-state index in [1.165, 1.54) is 0 Å². The first kappa shape index (κ1) is 45.2. The van der Waals surface area contributed by atoms with Crippen LogP contribution in [0.4, 0.5) is 4.79 Å². The van der Waals surface area contributed by atoms with E-state index in [0.29, 0.717) is 36.8 Å². The number of rotatable bonds is 13. The van der Waals surface area contributed by atoms with Gasteiger partial charge in [-0.2, -0.15) is 0 Å². The number of aliphatic hydroxyl groups is 2. The monoisotopic (exact) mass is 865 g/mol. The molecule has 4 aliphatic carbocycles. The summed E-state index contributed by atoms with van der Waals surface area (Å²) in [7, 11) is 0. The summed E-state index contributed by atoms with van der Waals surface area (Å²) < 4.78 is 19.7. The number of nitrogens with one attached hydrogen (secondary N) is 1. The van der Waals surface area contributed by atoms with Gasteiger partial charge < -0.3 is 29.7 Å². The minimum Gasteiger partial charge on any atom is -0.457 e. The summed E-state index contributed by atoms with van der Waals surface area (Å²) in [6.45, 7) is 13.1. The van der Waals surface area contributed by atoms with E-state index in [9.17, 15) is 24.6 Å². The van der Waals surface area contributed by atoms with E-state index >= 15 is 0 Å². The summed E-state index contributed by atoms with van der Waals surface area (Å²) >= 11 is 0. The summed E-state index contributed by atoms with van der Waals surface area (Å²) in [4.78, 5) is 42.0. The maximum atomic E-state index is 14.6. The molecule has 0 spiro atoms. The van der Waals surface area contributed by atoms with Crippen LogP contribution in [-0.4, -0.2) is 63.1 Å². The Morgan fingerprint density at radius 1 is 0.812 bits per heavy atom. The molecule has 8 rings (SSSR count). The number of esters is 1. The Labute approximate surface area is 377 Å². The number of Topliss-reactive ketones (excluding diaryl/α,β-unsaturated/α-hetero) is 1. The van der Waals surface area contributed by atoms with Crippen LogP contribution < -0.4 is 5.32 Å². The van der Waals surface area contributed by atoms with Crippen LogP contribution in [-0.2, 0) is 35.8 Å². The minimum absolute atomic E-state index is 0.0181. The number of hydrogen-bond donors (Lipinski definition) is 3. The Morgan fingerprint density at radius 3 is 1.88 bits per heavy atom. The Morgan fingerprint density at radius 2 is 1.34 bits per heavy atom. The molecule has 4 aromatic rings. The van der Waals surface area contributed by atoms with Crippen LogP contribution in [0.1, 0.15) is 96.4 Å². The third-order valence-electron chi connectivity index (χ3n) is 14.7. The third kappa shape index (κ3) is 7.83. The summed E-state index contributed by atoms with van der Waals surface area (Å²) in [6.07, 6.45) is 4.96. The van der Waals surface area contributed by atoms with E-state index in [4.69, 9.17) is 14.2 Å². The van der Waals surface area contributed by atoms with Crippen LogP contribution in [0.3, 0.4) is 0 Å². The van der Waals surface area contributed by atoms with Gasteiger partial charge in [0.15, 0.2) is 5.78 Å². The van der Waals surface area contributed by atoms with E-state index in [1.807, 2.05) is 134 Å². The van der Waals surface area contributed by atoms with Crippen LogP contribution in [0, 0.1) is 29.1 Å². The lowest BCUT2D eigenvalue weighted by Gasteiger charge is -2.50. The number of ketones is 1. The number of carbonyl (C=O) groups is 3. The number of hydrogen-bond acceptors (Lipinski definition) is 8. The molecule has 9 heteroatoms. The molecule has 336 valence electrons. The average molecular weight is 866 g/mol. The topological polar surface area (TPSA) is 131 Å². The molecule has 0 unspecified atom stereocenters.